The quantitative estimate of drug-likeness (QED) is 0.00935. The highest BCUT2D eigenvalue weighted by Crippen LogP contribution is 2.49. The van der Waals surface area contributed by atoms with E-state index in [0.717, 1.165) is 57.8 Å². The van der Waals surface area contributed by atoms with Crippen LogP contribution in [0, 0.1) is 0 Å². The maximum Gasteiger partial charge on any atom is 0.472 e. The average molecular weight is 1030 g/mol. The van der Waals surface area contributed by atoms with Crippen molar-refractivity contribution >= 4 is 27.6 Å². The summed E-state index contributed by atoms with van der Waals surface area (Å²) in [7, 11) is -10.7. The van der Waals surface area contributed by atoms with Crippen molar-refractivity contribution in [2.24, 2.45) is 0 Å². The van der Waals surface area contributed by atoms with Crippen molar-refractivity contribution in [3.63, 3.8) is 0 Å². The van der Waals surface area contributed by atoms with Gasteiger partial charge in [-0.3, -0.25) is 23.2 Å². The van der Waals surface area contributed by atoms with Gasteiger partial charge in [0.2, 0.25) is 0 Å². The van der Waals surface area contributed by atoms with Gasteiger partial charge in [-0.1, -0.05) is 143 Å². The molecule has 1 saturated carbocycles. The number of hydrogen-bond acceptors (Lipinski definition) is 14. The zero-order chi connectivity index (χ0) is 51.9. The van der Waals surface area contributed by atoms with Gasteiger partial charge in [0.05, 0.1) is 12.7 Å². The van der Waals surface area contributed by atoms with Gasteiger partial charge in [0.1, 0.15) is 43.2 Å². The predicted octanol–water partition coefficient (Wildman–Crippen LogP) is 8.92. The Bertz CT molecular complexity index is 1730. The van der Waals surface area contributed by atoms with Crippen LogP contribution in [0.5, 0.6) is 0 Å². The normalized spacial score (nSPS) is 22.3. The number of phosphoric ester groups is 2. The molecule has 19 heteroatoms. The summed E-state index contributed by atoms with van der Waals surface area (Å²) in [5.74, 6) is -1.36. The number of aliphatic hydroxyl groups excluding tert-OH is 5. The highest BCUT2D eigenvalue weighted by Gasteiger charge is 2.54. The lowest BCUT2D eigenvalue weighted by Gasteiger charge is -2.43. The van der Waals surface area contributed by atoms with Crippen molar-refractivity contribution in [3.05, 3.63) is 97.2 Å². The number of phosphoric acid groups is 2. The molecule has 0 aromatic heterocycles. The van der Waals surface area contributed by atoms with Crippen molar-refractivity contribution < 1.29 is 82.0 Å². The fraction of sp³-hybridized carbons (Fsp3) is 0.647. The van der Waals surface area contributed by atoms with E-state index in [9.17, 15) is 58.9 Å². The molecule has 0 aliphatic heterocycles. The van der Waals surface area contributed by atoms with Crippen LogP contribution in [0.25, 0.3) is 0 Å². The molecule has 9 atom stereocenters. The van der Waals surface area contributed by atoms with E-state index in [1.165, 1.54) is 32.1 Å². The number of allylic oxidation sites excluding steroid dienone is 14. The third-order valence-electron chi connectivity index (χ3n) is 10.7. The highest BCUT2D eigenvalue weighted by molar-refractivity contribution is 7.47. The standard InChI is InChI=1S/C51H84O17P2/c1-3-5-7-9-11-12-13-14-15-16-17-18-19-20-21-22-26-30-34-38-44(53)64-40-43(41-65-70(62,63)68-51-48(57)46(55)47(56)50(49(51)58)67-69(59,60)61)66-45(54)39-35-31-27-24-23-25-29-33-37-42(52)36-32-28-10-8-6-4-2/h11-12,14-15,17-18,20-21,24-25,27-29,32-33,37,42-43,46-52,55-58H,3-10,13,16,19,22-23,26,30-31,34-36,38-41H2,1-2H3,(H,62,63)(H2,59,60,61)/b12-11-,15-14-,18-17-,21-20-,27-24-,29-25-,32-28-,37-33+/t42-,43+,46?,47?,48?,49?,50+,51-/m0/s1. The molecule has 0 radical (unpaired) electrons. The molecule has 70 heavy (non-hydrogen) atoms. The number of unbranched alkanes of at least 4 members (excludes halogenated alkanes) is 10. The van der Waals surface area contributed by atoms with Gasteiger partial charge in [0.25, 0.3) is 0 Å². The Morgan fingerprint density at radius 3 is 1.57 bits per heavy atom. The van der Waals surface area contributed by atoms with E-state index in [4.69, 9.17) is 18.5 Å². The van der Waals surface area contributed by atoms with Crippen LogP contribution >= 0.6 is 15.6 Å². The molecule has 0 aromatic carbocycles. The van der Waals surface area contributed by atoms with Crippen LogP contribution in [0.3, 0.4) is 0 Å². The smallest absolute Gasteiger partial charge is 0.462 e. The third kappa shape index (κ3) is 34.3. The van der Waals surface area contributed by atoms with Crippen LogP contribution in [-0.4, -0.2) is 114 Å². The summed E-state index contributed by atoms with van der Waals surface area (Å²) in [5, 5.41) is 51.3. The molecule has 5 unspecified atom stereocenters. The van der Waals surface area contributed by atoms with Crippen LogP contribution in [0.4, 0.5) is 0 Å². The molecule has 400 valence electrons. The second-order valence-corrected chi connectivity index (χ2v) is 19.6. The molecule has 0 amide bonds. The maximum atomic E-state index is 13.0. The van der Waals surface area contributed by atoms with Crippen LogP contribution in [0.2, 0.25) is 0 Å². The van der Waals surface area contributed by atoms with E-state index < -0.39 is 89.6 Å². The highest BCUT2D eigenvalue weighted by atomic mass is 31.2. The van der Waals surface area contributed by atoms with Crippen LogP contribution in [-0.2, 0) is 41.8 Å². The molecule has 0 bridgehead atoms. The summed E-state index contributed by atoms with van der Waals surface area (Å²) in [5.41, 5.74) is 0. The van der Waals surface area contributed by atoms with Crippen molar-refractivity contribution in [2.45, 2.75) is 198 Å². The van der Waals surface area contributed by atoms with Crippen LogP contribution in [0.1, 0.15) is 149 Å². The van der Waals surface area contributed by atoms with Gasteiger partial charge in [-0.2, -0.15) is 0 Å². The fourth-order valence-corrected chi connectivity index (χ4v) is 8.33. The second-order valence-electron chi connectivity index (χ2n) is 17.0. The summed E-state index contributed by atoms with van der Waals surface area (Å²) < 4.78 is 49.3. The van der Waals surface area contributed by atoms with Gasteiger partial charge in [-0.15, -0.1) is 0 Å². The Labute approximate surface area is 416 Å². The Hall–Kier alpha value is -3.12. The predicted molar refractivity (Wildman–Crippen MR) is 270 cm³/mol. The van der Waals surface area contributed by atoms with E-state index in [0.29, 0.717) is 32.1 Å². The summed E-state index contributed by atoms with van der Waals surface area (Å²) >= 11 is 0. The maximum absolute atomic E-state index is 13.0. The van der Waals surface area contributed by atoms with Gasteiger partial charge < -0.3 is 49.7 Å². The minimum Gasteiger partial charge on any atom is -0.462 e. The number of ether oxygens (including phenoxy) is 2. The van der Waals surface area contributed by atoms with E-state index in [-0.39, 0.29) is 12.8 Å². The third-order valence-corrected chi connectivity index (χ3v) is 12.2. The second kappa shape index (κ2) is 40.4. The number of aliphatic hydroxyl groups is 5. The van der Waals surface area contributed by atoms with Gasteiger partial charge in [-0.25, -0.2) is 9.13 Å². The van der Waals surface area contributed by atoms with Crippen molar-refractivity contribution in [2.75, 3.05) is 13.2 Å². The minimum absolute atomic E-state index is 0.0534. The van der Waals surface area contributed by atoms with Gasteiger partial charge in [-0.05, 0) is 89.9 Å². The summed E-state index contributed by atoms with van der Waals surface area (Å²) in [4.78, 5) is 54.3. The largest absolute Gasteiger partial charge is 0.472 e. The molecule has 8 N–H and O–H groups in total. The average Bonchev–Trinajstić information content (AvgIpc) is 3.31. The van der Waals surface area contributed by atoms with Crippen LogP contribution < -0.4 is 0 Å². The zero-order valence-electron chi connectivity index (χ0n) is 41.3. The van der Waals surface area contributed by atoms with Gasteiger partial charge >= 0.3 is 27.6 Å². The summed E-state index contributed by atoms with van der Waals surface area (Å²) in [6.07, 6.45) is 33.8. The zero-order valence-corrected chi connectivity index (χ0v) is 43.1. The molecule has 0 heterocycles. The summed E-state index contributed by atoms with van der Waals surface area (Å²) in [6, 6.07) is 0. The first-order chi connectivity index (χ1) is 33.5. The van der Waals surface area contributed by atoms with Crippen molar-refractivity contribution in [3.8, 4) is 0 Å². The molecule has 1 rings (SSSR count). The van der Waals surface area contributed by atoms with E-state index in [1.54, 1.807) is 12.2 Å². The molecular formula is C51H84O17P2. The molecule has 0 spiro atoms. The Morgan fingerprint density at radius 1 is 0.529 bits per heavy atom. The van der Waals surface area contributed by atoms with E-state index in [1.807, 2.05) is 30.4 Å². The SMILES string of the molecule is CCCCC/C=C\C/C=C\C/C=C\C/C=C\CCCCCC(=O)OC[C@H](COP(=O)(O)O[C@H]1C(O)C(O)C(O)[C@@H](OP(=O)(O)O)C1O)OC(=O)CCC/C=C\C/C=C\C=C\[C@@H](O)C/C=C\CCCCC. The van der Waals surface area contributed by atoms with Crippen molar-refractivity contribution in [1.82, 2.24) is 0 Å². The Morgan fingerprint density at radius 2 is 1.01 bits per heavy atom. The fourth-order valence-electron chi connectivity index (χ4n) is 6.79. The number of hydrogen-bond donors (Lipinski definition) is 8. The molecule has 1 aliphatic rings. The number of carbonyl (C=O) groups is 2. The Balaban J connectivity index is 2.67. The number of esters is 2. The molecule has 17 nitrogen and oxygen atoms in total. The number of carbonyl (C=O) groups excluding carboxylic acids is 2. The molecular weight excluding hydrogens is 946 g/mol. The van der Waals surface area contributed by atoms with Crippen LogP contribution in [0.15, 0.2) is 97.2 Å². The van der Waals surface area contributed by atoms with Gasteiger partial charge in [0.15, 0.2) is 6.10 Å². The lowest BCUT2D eigenvalue weighted by Crippen LogP contribution is -2.64. The molecule has 1 fully saturated rings. The first kappa shape index (κ1) is 64.9. The number of rotatable bonds is 40. The lowest BCUT2D eigenvalue weighted by atomic mass is 9.85. The van der Waals surface area contributed by atoms with E-state index in [2.05, 4.69) is 73.1 Å². The topological polar surface area (TPSA) is 276 Å². The van der Waals surface area contributed by atoms with Gasteiger partial charge in [0, 0.05) is 12.8 Å². The molecule has 0 saturated heterocycles. The lowest BCUT2D eigenvalue weighted by molar-refractivity contribution is -0.216. The Kier molecular flexibility index (Phi) is 37.4. The molecule has 0 aromatic rings. The van der Waals surface area contributed by atoms with E-state index >= 15 is 0 Å². The first-order valence-corrected chi connectivity index (χ1v) is 27.9. The first-order valence-electron chi connectivity index (χ1n) is 24.9. The monoisotopic (exact) mass is 1030 g/mol. The summed E-state index contributed by atoms with van der Waals surface area (Å²) in [6.45, 7) is 2.90. The van der Waals surface area contributed by atoms with Crippen molar-refractivity contribution in [1.29, 1.82) is 0 Å². The molecule has 1 aliphatic carbocycles. The minimum atomic E-state index is -5.39.